The standard InChI is InChI=1S/C9H6N4.2C2H6/c1-2-4-8-7(3-1)5-6-9-10-11-12-13(8)9;2*1-2/h1-6H;2*1-2H3. The number of benzene rings is 1. The second kappa shape index (κ2) is 6.58. The van der Waals surface area contributed by atoms with Crippen molar-refractivity contribution in [2.45, 2.75) is 27.7 Å². The zero-order chi connectivity index (χ0) is 12.7. The molecule has 4 heteroatoms. The Kier molecular flexibility index (Phi) is 5.07. The summed E-state index contributed by atoms with van der Waals surface area (Å²) in [7, 11) is 0. The lowest BCUT2D eigenvalue weighted by Crippen LogP contribution is -1.89. The van der Waals surface area contributed by atoms with E-state index in [1.54, 1.807) is 4.52 Å². The van der Waals surface area contributed by atoms with Gasteiger partial charge in [-0.25, -0.2) is 0 Å². The van der Waals surface area contributed by atoms with Gasteiger partial charge in [0.25, 0.3) is 0 Å². The minimum Gasteiger partial charge on any atom is -0.193 e. The summed E-state index contributed by atoms with van der Waals surface area (Å²) in [6.45, 7) is 8.00. The van der Waals surface area contributed by atoms with Gasteiger partial charge in [-0.2, -0.15) is 4.52 Å². The molecule has 0 spiro atoms. The van der Waals surface area contributed by atoms with Gasteiger partial charge in [0, 0.05) is 5.39 Å². The first-order chi connectivity index (χ1) is 8.45. The normalized spacial score (nSPS) is 9.18. The Morgan fingerprint density at radius 2 is 1.59 bits per heavy atom. The van der Waals surface area contributed by atoms with Crippen molar-refractivity contribution < 1.29 is 0 Å². The number of hydrogen-bond donors (Lipinski definition) is 0. The van der Waals surface area contributed by atoms with E-state index >= 15 is 0 Å². The first kappa shape index (κ1) is 13.1. The van der Waals surface area contributed by atoms with Crippen LogP contribution in [0.1, 0.15) is 27.7 Å². The number of pyridine rings is 1. The number of para-hydroxylation sites is 1. The van der Waals surface area contributed by atoms with Crippen molar-refractivity contribution in [3.05, 3.63) is 36.4 Å². The first-order valence-corrected chi connectivity index (χ1v) is 6.01. The summed E-state index contributed by atoms with van der Waals surface area (Å²) in [6, 6.07) is 11.9. The summed E-state index contributed by atoms with van der Waals surface area (Å²) < 4.78 is 1.73. The summed E-state index contributed by atoms with van der Waals surface area (Å²) in [6.07, 6.45) is 0. The number of rotatable bonds is 0. The van der Waals surface area contributed by atoms with Crippen molar-refractivity contribution in [3.63, 3.8) is 0 Å². The molecular weight excluding hydrogens is 212 g/mol. The molecule has 0 radical (unpaired) electrons. The van der Waals surface area contributed by atoms with Crippen LogP contribution >= 0.6 is 0 Å². The molecule has 3 aromatic rings. The lowest BCUT2D eigenvalue weighted by Gasteiger charge is -1.97. The van der Waals surface area contributed by atoms with E-state index in [1.807, 2.05) is 64.1 Å². The molecule has 4 nitrogen and oxygen atoms in total. The summed E-state index contributed by atoms with van der Waals surface area (Å²) in [4.78, 5) is 0. The highest BCUT2D eigenvalue weighted by Crippen LogP contribution is 2.13. The first-order valence-electron chi connectivity index (χ1n) is 6.01. The molecule has 0 saturated heterocycles. The zero-order valence-corrected chi connectivity index (χ0v) is 10.8. The van der Waals surface area contributed by atoms with Gasteiger partial charge in [-0.15, -0.1) is 5.10 Å². The Bertz CT molecular complexity index is 571. The predicted octanol–water partition coefficient (Wildman–Crippen LogP) is 3.33. The topological polar surface area (TPSA) is 43.1 Å². The average molecular weight is 230 g/mol. The largest absolute Gasteiger partial charge is 0.193 e. The number of tetrazole rings is 1. The molecule has 3 rings (SSSR count). The maximum atomic E-state index is 3.90. The van der Waals surface area contributed by atoms with E-state index in [0.717, 1.165) is 16.6 Å². The summed E-state index contributed by atoms with van der Waals surface area (Å²) in [5, 5.41) is 12.5. The lowest BCUT2D eigenvalue weighted by molar-refractivity contribution is 0.841. The van der Waals surface area contributed by atoms with Gasteiger partial charge in [0.2, 0.25) is 0 Å². The van der Waals surface area contributed by atoms with Crippen LogP contribution in [0.3, 0.4) is 0 Å². The van der Waals surface area contributed by atoms with Crippen molar-refractivity contribution in [1.82, 2.24) is 20.0 Å². The number of aromatic nitrogens is 4. The van der Waals surface area contributed by atoms with Crippen molar-refractivity contribution in [2.24, 2.45) is 0 Å². The molecule has 0 bridgehead atoms. The van der Waals surface area contributed by atoms with Crippen molar-refractivity contribution in [2.75, 3.05) is 0 Å². The molecule has 2 heterocycles. The fourth-order valence-electron chi connectivity index (χ4n) is 1.46. The third kappa shape index (κ3) is 2.58. The van der Waals surface area contributed by atoms with Crippen molar-refractivity contribution in [3.8, 4) is 0 Å². The van der Waals surface area contributed by atoms with Gasteiger partial charge >= 0.3 is 0 Å². The van der Waals surface area contributed by atoms with E-state index in [4.69, 9.17) is 0 Å². The van der Waals surface area contributed by atoms with Gasteiger partial charge < -0.3 is 0 Å². The molecule has 0 N–H and O–H groups in total. The van der Waals surface area contributed by atoms with Crippen LogP contribution in [-0.4, -0.2) is 20.0 Å². The fraction of sp³-hybridized carbons (Fsp3) is 0.308. The Morgan fingerprint density at radius 3 is 2.35 bits per heavy atom. The van der Waals surface area contributed by atoms with Gasteiger partial charge in [-0.3, -0.25) is 0 Å². The van der Waals surface area contributed by atoms with Gasteiger partial charge in [0.15, 0.2) is 5.65 Å². The van der Waals surface area contributed by atoms with Gasteiger partial charge in [-0.1, -0.05) is 45.9 Å². The molecule has 0 aliphatic rings. The summed E-state index contributed by atoms with van der Waals surface area (Å²) in [5.74, 6) is 0. The highest BCUT2D eigenvalue weighted by molar-refractivity contribution is 5.81. The molecule has 1 aromatic carbocycles. The van der Waals surface area contributed by atoms with Crippen LogP contribution in [0.2, 0.25) is 0 Å². The third-order valence-electron chi connectivity index (χ3n) is 2.07. The molecule has 0 unspecified atom stereocenters. The molecule has 0 amide bonds. The molecule has 0 aliphatic heterocycles. The van der Waals surface area contributed by atoms with E-state index in [0.29, 0.717) is 0 Å². The quantitative estimate of drug-likeness (QED) is 0.595. The molecular formula is C13H18N4. The molecule has 0 fully saturated rings. The van der Waals surface area contributed by atoms with E-state index in [2.05, 4.69) is 15.5 Å². The molecule has 0 atom stereocenters. The zero-order valence-electron chi connectivity index (χ0n) is 10.8. The van der Waals surface area contributed by atoms with Crippen molar-refractivity contribution >= 4 is 16.6 Å². The Labute approximate surface area is 101 Å². The maximum absolute atomic E-state index is 3.90. The molecule has 90 valence electrons. The van der Waals surface area contributed by atoms with E-state index in [1.165, 1.54) is 0 Å². The highest BCUT2D eigenvalue weighted by atomic mass is 15.5. The van der Waals surface area contributed by atoms with E-state index in [9.17, 15) is 0 Å². The smallest absolute Gasteiger partial charge is 0.179 e. The van der Waals surface area contributed by atoms with E-state index < -0.39 is 0 Å². The van der Waals surface area contributed by atoms with Gasteiger partial charge in [0.1, 0.15) is 0 Å². The Hall–Kier alpha value is -1.97. The minimum absolute atomic E-state index is 0.777. The fourth-order valence-corrected chi connectivity index (χ4v) is 1.46. The van der Waals surface area contributed by atoms with Crippen LogP contribution in [-0.2, 0) is 0 Å². The SMILES string of the molecule is CC.CC.c1ccc2c(c1)ccc1nnnn12. The number of nitrogens with zero attached hydrogens (tertiary/aromatic N) is 4. The van der Waals surface area contributed by atoms with E-state index in [-0.39, 0.29) is 0 Å². The van der Waals surface area contributed by atoms with Crippen LogP contribution in [0.15, 0.2) is 36.4 Å². The molecule has 0 saturated carbocycles. The van der Waals surface area contributed by atoms with Gasteiger partial charge in [0.05, 0.1) is 5.52 Å². The third-order valence-corrected chi connectivity index (χ3v) is 2.07. The second-order valence-electron chi connectivity index (χ2n) is 2.84. The lowest BCUT2D eigenvalue weighted by atomic mass is 10.2. The van der Waals surface area contributed by atoms with Gasteiger partial charge in [-0.05, 0) is 28.6 Å². The minimum atomic E-state index is 0.777. The second-order valence-corrected chi connectivity index (χ2v) is 2.84. The molecule has 0 aliphatic carbocycles. The van der Waals surface area contributed by atoms with Crippen LogP contribution in [0.25, 0.3) is 16.6 Å². The molecule has 17 heavy (non-hydrogen) atoms. The van der Waals surface area contributed by atoms with Crippen molar-refractivity contribution in [1.29, 1.82) is 0 Å². The van der Waals surface area contributed by atoms with Crippen LogP contribution in [0.5, 0.6) is 0 Å². The highest BCUT2D eigenvalue weighted by Gasteiger charge is 2.00. The Balaban J connectivity index is 0.000000330. The number of fused-ring (bicyclic) bond motifs is 3. The Morgan fingerprint density at radius 1 is 0.882 bits per heavy atom. The predicted molar refractivity (Wildman–Crippen MR) is 71.0 cm³/mol. The average Bonchev–Trinajstić information content (AvgIpc) is 2.92. The summed E-state index contributed by atoms with van der Waals surface area (Å²) in [5.41, 5.74) is 1.81. The maximum Gasteiger partial charge on any atom is 0.179 e. The monoisotopic (exact) mass is 230 g/mol. The summed E-state index contributed by atoms with van der Waals surface area (Å²) >= 11 is 0. The molecule has 2 aromatic heterocycles. The van der Waals surface area contributed by atoms with Crippen LogP contribution < -0.4 is 0 Å². The van der Waals surface area contributed by atoms with Crippen LogP contribution in [0, 0.1) is 0 Å². The number of hydrogen-bond acceptors (Lipinski definition) is 3. The van der Waals surface area contributed by atoms with Crippen LogP contribution in [0.4, 0.5) is 0 Å².